The van der Waals surface area contributed by atoms with Crippen molar-refractivity contribution < 1.29 is 0 Å². The third-order valence-corrected chi connectivity index (χ3v) is 3.43. The summed E-state index contributed by atoms with van der Waals surface area (Å²) in [5.74, 6) is 5.68. The van der Waals surface area contributed by atoms with Gasteiger partial charge in [-0.1, -0.05) is 23.8 Å². The summed E-state index contributed by atoms with van der Waals surface area (Å²) < 4.78 is 1.82. The predicted octanol–water partition coefficient (Wildman–Crippen LogP) is 1.65. The van der Waals surface area contributed by atoms with E-state index in [1.165, 1.54) is 16.7 Å². The summed E-state index contributed by atoms with van der Waals surface area (Å²) >= 11 is 0. The number of nitrogens with two attached hydrogens (primary N) is 1. The SMILES string of the molecule is Cc1ccc(C)c(CC(Cc2ccn(C)n2)NN)c1. The lowest BCUT2D eigenvalue weighted by Gasteiger charge is -2.16. The Labute approximate surface area is 114 Å². The Hall–Kier alpha value is -1.65. The summed E-state index contributed by atoms with van der Waals surface area (Å²) in [6.45, 7) is 4.26. The van der Waals surface area contributed by atoms with Gasteiger partial charge in [0.15, 0.2) is 0 Å². The minimum Gasteiger partial charge on any atom is -0.276 e. The molecule has 1 atom stereocenters. The van der Waals surface area contributed by atoms with Gasteiger partial charge in [0.2, 0.25) is 0 Å². The zero-order valence-corrected chi connectivity index (χ0v) is 11.9. The highest BCUT2D eigenvalue weighted by molar-refractivity contribution is 5.31. The molecule has 0 radical (unpaired) electrons. The molecule has 2 rings (SSSR count). The second kappa shape index (κ2) is 5.99. The van der Waals surface area contributed by atoms with Crippen LogP contribution in [0.5, 0.6) is 0 Å². The van der Waals surface area contributed by atoms with Crippen molar-refractivity contribution >= 4 is 0 Å². The summed E-state index contributed by atoms with van der Waals surface area (Å²) in [7, 11) is 1.93. The van der Waals surface area contributed by atoms with Crippen LogP contribution >= 0.6 is 0 Å². The molecular weight excluding hydrogens is 236 g/mol. The number of hydrogen-bond donors (Lipinski definition) is 2. The summed E-state index contributed by atoms with van der Waals surface area (Å²) in [5, 5.41) is 4.40. The van der Waals surface area contributed by atoms with Gasteiger partial charge in [-0.15, -0.1) is 0 Å². The molecule has 2 aromatic rings. The minimum absolute atomic E-state index is 0.204. The average Bonchev–Trinajstić information content (AvgIpc) is 2.78. The van der Waals surface area contributed by atoms with Gasteiger partial charge in [-0.3, -0.25) is 16.0 Å². The van der Waals surface area contributed by atoms with E-state index >= 15 is 0 Å². The standard InChI is InChI=1S/C15H22N4/c1-11-4-5-12(2)13(8-11)9-15(17-16)10-14-6-7-19(3)18-14/h4-8,15,17H,9-10,16H2,1-3H3. The quantitative estimate of drug-likeness (QED) is 0.633. The number of benzene rings is 1. The van der Waals surface area contributed by atoms with Crippen molar-refractivity contribution in [2.45, 2.75) is 32.7 Å². The second-order valence-corrected chi connectivity index (χ2v) is 5.18. The molecule has 0 spiro atoms. The van der Waals surface area contributed by atoms with E-state index in [2.05, 4.69) is 42.6 Å². The van der Waals surface area contributed by atoms with Crippen LogP contribution < -0.4 is 11.3 Å². The second-order valence-electron chi connectivity index (χ2n) is 5.18. The summed E-state index contributed by atoms with van der Waals surface area (Å²) in [5.41, 5.74) is 7.92. The van der Waals surface area contributed by atoms with Crippen molar-refractivity contribution in [1.29, 1.82) is 0 Å². The van der Waals surface area contributed by atoms with Gasteiger partial charge >= 0.3 is 0 Å². The van der Waals surface area contributed by atoms with Crippen molar-refractivity contribution in [2.75, 3.05) is 0 Å². The van der Waals surface area contributed by atoms with Crippen molar-refractivity contribution in [3.05, 3.63) is 52.8 Å². The van der Waals surface area contributed by atoms with Gasteiger partial charge in [0.05, 0.1) is 5.69 Å². The number of aryl methyl sites for hydroxylation is 3. The zero-order valence-electron chi connectivity index (χ0n) is 11.9. The first kappa shape index (κ1) is 13.8. The minimum atomic E-state index is 0.204. The number of nitrogens with one attached hydrogen (secondary N) is 1. The molecule has 4 nitrogen and oxygen atoms in total. The van der Waals surface area contributed by atoms with E-state index in [-0.39, 0.29) is 6.04 Å². The van der Waals surface area contributed by atoms with E-state index in [9.17, 15) is 0 Å². The molecule has 1 unspecified atom stereocenters. The largest absolute Gasteiger partial charge is 0.276 e. The van der Waals surface area contributed by atoms with Crippen LogP contribution in [0, 0.1) is 13.8 Å². The summed E-state index contributed by atoms with van der Waals surface area (Å²) in [6, 6.07) is 8.78. The molecule has 0 bridgehead atoms. The fourth-order valence-electron chi connectivity index (χ4n) is 2.30. The summed E-state index contributed by atoms with van der Waals surface area (Å²) in [4.78, 5) is 0. The molecule has 1 aromatic carbocycles. The van der Waals surface area contributed by atoms with E-state index in [0.717, 1.165) is 18.5 Å². The number of nitrogens with zero attached hydrogens (tertiary/aromatic N) is 2. The van der Waals surface area contributed by atoms with Crippen LogP contribution in [0.2, 0.25) is 0 Å². The van der Waals surface area contributed by atoms with Gasteiger partial charge in [-0.2, -0.15) is 5.10 Å². The topological polar surface area (TPSA) is 55.9 Å². The van der Waals surface area contributed by atoms with Crippen LogP contribution in [0.3, 0.4) is 0 Å². The van der Waals surface area contributed by atoms with Gasteiger partial charge in [0.1, 0.15) is 0 Å². The number of aromatic nitrogens is 2. The van der Waals surface area contributed by atoms with Crippen molar-refractivity contribution in [3.8, 4) is 0 Å². The van der Waals surface area contributed by atoms with Gasteiger partial charge < -0.3 is 0 Å². The third kappa shape index (κ3) is 3.66. The van der Waals surface area contributed by atoms with Crippen molar-refractivity contribution in [3.63, 3.8) is 0 Å². The average molecular weight is 258 g/mol. The van der Waals surface area contributed by atoms with E-state index in [0.29, 0.717) is 0 Å². The lowest BCUT2D eigenvalue weighted by Crippen LogP contribution is -2.38. The molecule has 0 saturated carbocycles. The fraction of sp³-hybridized carbons (Fsp3) is 0.400. The van der Waals surface area contributed by atoms with E-state index in [4.69, 9.17) is 5.84 Å². The molecule has 0 amide bonds. The Morgan fingerprint density at radius 3 is 2.68 bits per heavy atom. The monoisotopic (exact) mass is 258 g/mol. The molecule has 0 aliphatic heterocycles. The normalized spacial score (nSPS) is 12.6. The fourth-order valence-corrected chi connectivity index (χ4v) is 2.30. The Kier molecular flexibility index (Phi) is 4.35. The molecule has 3 N–H and O–H groups in total. The van der Waals surface area contributed by atoms with Crippen LogP contribution in [-0.4, -0.2) is 15.8 Å². The van der Waals surface area contributed by atoms with Crippen LogP contribution in [0.25, 0.3) is 0 Å². The van der Waals surface area contributed by atoms with Crippen LogP contribution in [0.4, 0.5) is 0 Å². The van der Waals surface area contributed by atoms with Crippen LogP contribution in [0.1, 0.15) is 22.4 Å². The maximum absolute atomic E-state index is 5.68. The Balaban J connectivity index is 2.08. The van der Waals surface area contributed by atoms with E-state index < -0.39 is 0 Å². The molecule has 0 saturated heterocycles. The lowest BCUT2D eigenvalue weighted by atomic mass is 9.97. The zero-order chi connectivity index (χ0) is 13.8. The highest BCUT2D eigenvalue weighted by Crippen LogP contribution is 2.14. The van der Waals surface area contributed by atoms with Gasteiger partial charge in [-0.05, 0) is 37.5 Å². The molecule has 1 aromatic heterocycles. The highest BCUT2D eigenvalue weighted by Gasteiger charge is 2.12. The van der Waals surface area contributed by atoms with Crippen molar-refractivity contribution in [2.24, 2.45) is 12.9 Å². The smallest absolute Gasteiger partial charge is 0.0640 e. The number of rotatable bonds is 5. The number of hydrazine groups is 1. The van der Waals surface area contributed by atoms with Crippen LogP contribution in [0.15, 0.2) is 30.5 Å². The molecule has 102 valence electrons. The molecule has 19 heavy (non-hydrogen) atoms. The lowest BCUT2D eigenvalue weighted by molar-refractivity contribution is 0.513. The molecule has 4 heteroatoms. The first-order valence-corrected chi connectivity index (χ1v) is 6.59. The molecular formula is C15H22N4. The number of hydrogen-bond acceptors (Lipinski definition) is 3. The first-order valence-electron chi connectivity index (χ1n) is 6.59. The molecule has 0 aliphatic rings. The first-order chi connectivity index (χ1) is 9.08. The Bertz CT molecular complexity index is 545. The van der Waals surface area contributed by atoms with Gasteiger partial charge in [-0.25, -0.2) is 0 Å². The molecule has 0 aliphatic carbocycles. The predicted molar refractivity (Wildman–Crippen MR) is 77.6 cm³/mol. The Morgan fingerprint density at radius 1 is 1.26 bits per heavy atom. The van der Waals surface area contributed by atoms with Crippen LogP contribution in [-0.2, 0) is 19.9 Å². The molecule has 0 fully saturated rings. The summed E-state index contributed by atoms with van der Waals surface area (Å²) in [6.07, 6.45) is 3.71. The van der Waals surface area contributed by atoms with E-state index in [1.54, 1.807) is 0 Å². The maximum Gasteiger partial charge on any atom is 0.0640 e. The highest BCUT2D eigenvalue weighted by atomic mass is 15.3. The molecule has 1 heterocycles. The maximum atomic E-state index is 5.68. The van der Waals surface area contributed by atoms with E-state index in [1.807, 2.05) is 24.0 Å². The van der Waals surface area contributed by atoms with Gasteiger partial charge in [0.25, 0.3) is 0 Å². The third-order valence-electron chi connectivity index (χ3n) is 3.43. The van der Waals surface area contributed by atoms with Crippen molar-refractivity contribution in [1.82, 2.24) is 15.2 Å². The Morgan fingerprint density at radius 2 is 2.05 bits per heavy atom. The van der Waals surface area contributed by atoms with Gasteiger partial charge in [0, 0.05) is 25.7 Å².